The first-order chi connectivity index (χ1) is 5.70. The van der Waals surface area contributed by atoms with Crippen molar-refractivity contribution in [1.82, 2.24) is 0 Å². The highest BCUT2D eigenvalue weighted by atomic mass is 16.4. The van der Waals surface area contributed by atoms with Crippen molar-refractivity contribution in [2.75, 3.05) is 0 Å². The zero-order valence-electron chi connectivity index (χ0n) is 7.19. The number of carbonyl (C=O) groups excluding carboxylic acids is 1. The van der Waals surface area contributed by atoms with Gasteiger partial charge in [0, 0.05) is 5.97 Å². The van der Waals surface area contributed by atoms with E-state index in [2.05, 4.69) is 19.1 Å². The van der Waals surface area contributed by atoms with Crippen molar-refractivity contribution in [1.29, 1.82) is 0 Å². The minimum Gasteiger partial charge on any atom is -0.550 e. The van der Waals surface area contributed by atoms with Gasteiger partial charge in [0.25, 0.3) is 0 Å². The molecule has 66 valence electrons. The quantitative estimate of drug-likeness (QED) is 0.562. The van der Waals surface area contributed by atoms with Crippen LogP contribution in [0.15, 0.2) is 12.2 Å². The molecule has 0 N–H and O–H groups in total. The Morgan fingerprint density at radius 2 is 2.42 bits per heavy atom. The highest BCUT2D eigenvalue weighted by Crippen LogP contribution is 2.53. The number of carboxylic acids is 1. The second kappa shape index (κ2) is 2.61. The predicted molar refractivity (Wildman–Crippen MR) is 43.0 cm³/mol. The van der Waals surface area contributed by atoms with Crippen LogP contribution >= 0.6 is 0 Å². The summed E-state index contributed by atoms with van der Waals surface area (Å²) in [5, 5.41) is 10.4. The van der Waals surface area contributed by atoms with E-state index in [-0.39, 0.29) is 6.42 Å². The number of carboxylic acid groups (broad SMARTS) is 1. The molecule has 2 heteroatoms. The molecule has 0 aromatic carbocycles. The number of allylic oxidation sites excluding steroid dienone is 2. The van der Waals surface area contributed by atoms with Gasteiger partial charge in [0.1, 0.15) is 0 Å². The number of fused-ring (bicyclic) bond motifs is 1. The molecule has 12 heavy (non-hydrogen) atoms. The van der Waals surface area contributed by atoms with Crippen LogP contribution in [0.5, 0.6) is 0 Å². The van der Waals surface area contributed by atoms with Crippen molar-refractivity contribution >= 4 is 5.97 Å². The molecule has 0 bridgehead atoms. The van der Waals surface area contributed by atoms with Crippen LogP contribution in [0.25, 0.3) is 0 Å². The van der Waals surface area contributed by atoms with Gasteiger partial charge in [-0.05, 0) is 36.5 Å². The largest absolute Gasteiger partial charge is 0.550 e. The van der Waals surface area contributed by atoms with Gasteiger partial charge in [-0.2, -0.15) is 0 Å². The van der Waals surface area contributed by atoms with E-state index in [1.807, 2.05) is 0 Å². The van der Waals surface area contributed by atoms with E-state index in [0.717, 1.165) is 6.42 Å². The lowest BCUT2D eigenvalue weighted by Crippen LogP contribution is -2.45. The molecule has 0 radical (unpaired) electrons. The third kappa shape index (κ3) is 0.977. The second-order valence-corrected chi connectivity index (χ2v) is 4.00. The molecule has 0 saturated heterocycles. The maximum absolute atomic E-state index is 10.4. The van der Waals surface area contributed by atoms with Crippen molar-refractivity contribution in [3.05, 3.63) is 12.2 Å². The van der Waals surface area contributed by atoms with E-state index in [1.165, 1.54) is 0 Å². The topological polar surface area (TPSA) is 40.1 Å². The maximum atomic E-state index is 10.4. The minimum atomic E-state index is -0.891. The third-order valence-electron chi connectivity index (χ3n) is 3.50. The van der Waals surface area contributed by atoms with Crippen LogP contribution in [0.1, 0.15) is 19.8 Å². The van der Waals surface area contributed by atoms with Crippen LogP contribution in [0.2, 0.25) is 0 Å². The number of aliphatic carboxylic acids is 1. The molecule has 0 aromatic heterocycles. The maximum Gasteiger partial charge on any atom is 0.0417 e. The Labute approximate surface area is 72.3 Å². The molecule has 1 fully saturated rings. The molecule has 0 unspecified atom stereocenters. The molecular weight excluding hydrogens is 152 g/mol. The Kier molecular flexibility index (Phi) is 1.71. The fraction of sp³-hybridized carbons (Fsp3) is 0.700. The Morgan fingerprint density at radius 1 is 1.67 bits per heavy atom. The standard InChI is InChI=1S/C10H14O2/c1-6-7-3-2-4-8(7)9(6)5-10(11)12/h2-3,6-9H,4-5H2,1H3,(H,11,12)/p-1/t6-,7-,8-,9+/m1/s1. The summed E-state index contributed by atoms with van der Waals surface area (Å²) >= 11 is 0. The van der Waals surface area contributed by atoms with Gasteiger partial charge in [-0.1, -0.05) is 19.1 Å². The van der Waals surface area contributed by atoms with E-state index in [1.54, 1.807) is 0 Å². The summed E-state index contributed by atoms with van der Waals surface area (Å²) < 4.78 is 0. The van der Waals surface area contributed by atoms with Crippen LogP contribution in [0.4, 0.5) is 0 Å². The lowest BCUT2D eigenvalue weighted by atomic mass is 9.58. The Morgan fingerprint density at radius 3 is 3.08 bits per heavy atom. The van der Waals surface area contributed by atoms with Crippen LogP contribution in [-0.4, -0.2) is 5.97 Å². The highest BCUT2D eigenvalue weighted by molar-refractivity contribution is 5.65. The first-order valence-electron chi connectivity index (χ1n) is 4.56. The molecule has 2 nitrogen and oxygen atoms in total. The fourth-order valence-corrected chi connectivity index (χ4v) is 2.78. The van der Waals surface area contributed by atoms with Gasteiger partial charge in [-0.25, -0.2) is 0 Å². The molecule has 0 aromatic rings. The van der Waals surface area contributed by atoms with E-state index in [4.69, 9.17) is 0 Å². The molecule has 2 aliphatic carbocycles. The normalized spacial score (nSPS) is 43.8. The van der Waals surface area contributed by atoms with Crippen LogP contribution in [0, 0.1) is 23.7 Å². The first kappa shape index (κ1) is 7.84. The average molecular weight is 165 g/mol. The summed E-state index contributed by atoms with van der Waals surface area (Å²) in [5.41, 5.74) is 0. The van der Waals surface area contributed by atoms with Gasteiger partial charge in [-0.15, -0.1) is 0 Å². The van der Waals surface area contributed by atoms with Crippen molar-refractivity contribution in [3.63, 3.8) is 0 Å². The minimum absolute atomic E-state index is 0.254. The average Bonchev–Trinajstić information content (AvgIpc) is 2.44. The van der Waals surface area contributed by atoms with Crippen molar-refractivity contribution in [2.45, 2.75) is 19.8 Å². The Balaban J connectivity index is 1.98. The van der Waals surface area contributed by atoms with Crippen LogP contribution in [-0.2, 0) is 4.79 Å². The zero-order chi connectivity index (χ0) is 8.72. The van der Waals surface area contributed by atoms with Gasteiger partial charge in [0.15, 0.2) is 0 Å². The van der Waals surface area contributed by atoms with Gasteiger partial charge < -0.3 is 9.90 Å². The van der Waals surface area contributed by atoms with Gasteiger partial charge >= 0.3 is 0 Å². The van der Waals surface area contributed by atoms with Gasteiger partial charge in [0.05, 0.1) is 0 Å². The summed E-state index contributed by atoms with van der Waals surface area (Å²) in [6, 6.07) is 0. The number of carbonyl (C=O) groups is 1. The van der Waals surface area contributed by atoms with Crippen molar-refractivity contribution in [3.8, 4) is 0 Å². The summed E-state index contributed by atoms with van der Waals surface area (Å²) in [5.74, 6) is 1.30. The summed E-state index contributed by atoms with van der Waals surface area (Å²) in [4.78, 5) is 10.4. The highest BCUT2D eigenvalue weighted by Gasteiger charge is 2.46. The van der Waals surface area contributed by atoms with E-state index < -0.39 is 5.97 Å². The molecule has 0 spiro atoms. The monoisotopic (exact) mass is 165 g/mol. The number of rotatable bonds is 2. The molecular formula is C10H13O2-. The van der Waals surface area contributed by atoms with E-state index in [9.17, 15) is 9.90 Å². The Bertz CT molecular complexity index is 232. The lowest BCUT2D eigenvalue weighted by Gasteiger charge is -2.47. The van der Waals surface area contributed by atoms with E-state index >= 15 is 0 Å². The molecule has 1 saturated carbocycles. The zero-order valence-corrected chi connectivity index (χ0v) is 7.19. The van der Waals surface area contributed by atoms with Crippen LogP contribution < -0.4 is 5.11 Å². The fourth-order valence-electron chi connectivity index (χ4n) is 2.78. The van der Waals surface area contributed by atoms with Gasteiger partial charge in [-0.3, -0.25) is 0 Å². The summed E-state index contributed by atoms with van der Waals surface area (Å²) in [6.45, 7) is 2.14. The number of hydrogen-bond donors (Lipinski definition) is 0. The summed E-state index contributed by atoms with van der Waals surface area (Å²) in [6.07, 6.45) is 5.75. The molecule has 0 aliphatic heterocycles. The van der Waals surface area contributed by atoms with Crippen molar-refractivity contribution < 1.29 is 9.90 Å². The Hall–Kier alpha value is -0.790. The smallest absolute Gasteiger partial charge is 0.0417 e. The second-order valence-electron chi connectivity index (χ2n) is 4.00. The first-order valence-corrected chi connectivity index (χ1v) is 4.56. The SMILES string of the molecule is C[C@@H]1[C@H]2C=CC[C@H]2[C@H]1CC(=O)[O-]. The van der Waals surface area contributed by atoms with Crippen molar-refractivity contribution in [2.24, 2.45) is 23.7 Å². The molecule has 4 atom stereocenters. The van der Waals surface area contributed by atoms with Crippen LogP contribution in [0.3, 0.4) is 0 Å². The van der Waals surface area contributed by atoms with E-state index in [0.29, 0.717) is 23.7 Å². The molecule has 2 rings (SSSR count). The molecule has 0 heterocycles. The third-order valence-corrected chi connectivity index (χ3v) is 3.50. The molecule has 2 aliphatic rings. The summed E-state index contributed by atoms with van der Waals surface area (Å²) in [7, 11) is 0. The lowest BCUT2D eigenvalue weighted by molar-refractivity contribution is -0.308. The van der Waals surface area contributed by atoms with Gasteiger partial charge in [0.2, 0.25) is 0 Å². The molecule has 0 amide bonds. The number of hydrogen-bond acceptors (Lipinski definition) is 2. The predicted octanol–water partition coefficient (Wildman–Crippen LogP) is 0.585.